The molecule has 0 saturated heterocycles. The normalized spacial score (nSPS) is 14.4. The summed E-state index contributed by atoms with van der Waals surface area (Å²) in [7, 11) is 4.05. The fourth-order valence-electron chi connectivity index (χ4n) is 3.21. The van der Waals surface area contributed by atoms with Gasteiger partial charge in [-0.25, -0.2) is 0 Å². The molecule has 1 aliphatic rings. The molecule has 1 aliphatic heterocycles. The van der Waals surface area contributed by atoms with Crippen molar-refractivity contribution in [3.05, 3.63) is 75.3 Å². The van der Waals surface area contributed by atoms with E-state index in [1.807, 2.05) is 56.6 Å². The van der Waals surface area contributed by atoms with Crippen LogP contribution in [0.15, 0.2) is 47.5 Å². The van der Waals surface area contributed by atoms with E-state index in [9.17, 15) is 0 Å². The van der Waals surface area contributed by atoms with Crippen LogP contribution in [0.2, 0.25) is 10.0 Å². The summed E-state index contributed by atoms with van der Waals surface area (Å²) in [5.74, 6) is 1.67. The fourth-order valence-corrected chi connectivity index (χ4v) is 3.61. The lowest BCUT2D eigenvalue weighted by Gasteiger charge is -2.21. The molecule has 3 aromatic rings. The lowest BCUT2D eigenvalue weighted by molar-refractivity contribution is 0.305. The van der Waals surface area contributed by atoms with Crippen molar-refractivity contribution in [2.45, 2.75) is 19.5 Å². The molecule has 0 radical (unpaired) electrons. The largest absolute Gasteiger partial charge is 0.300 e. The second-order valence-electron chi connectivity index (χ2n) is 6.76. The first-order valence-corrected chi connectivity index (χ1v) is 9.43. The standard InChI is InChI=1S/C20H19Cl2N5/c1-12(26(2)3)20-25-24-18-11-23-19(14-6-4-5-7-16(14)22)15-10-13(21)8-9-17(15)27(18)20/h4-10,12H,11H2,1-3H3. The van der Waals surface area contributed by atoms with Crippen molar-refractivity contribution in [1.82, 2.24) is 19.7 Å². The predicted octanol–water partition coefficient (Wildman–Crippen LogP) is 4.55. The summed E-state index contributed by atoms with van der Waals surface area (Å²) in [5.41, 5.74) is 3.57. The molecule has 7 heteroatoms. The number of fused-ring (bicyclic) bond motifs is 3. The van der Waals surface area contributed by atoms with Crippen LogP contribution < -0.4 is 0 Å². The Bertz CT molecular complexity index is 1040. The highest BCUT2D eigenvalue weighted by molar-refractivity contribution is 6.36. The van der Waals surface area contributed by atoms with E-state index >= 15 is 0 Å². The van der Waals surface area contributed by atoms with Gasteiger partial charge >= 0.3 is 0 Å². The Morgan fingerprint density at radius 3 is 2.56 bits per heavy atom. The van der Waals surface area contributed by atoms with E-state index < -0.39 is 0 Å². The van der Waals surface area contributed by atoms with Crippen molar-refractivity contribution in [3.63, 3.8) is 0 Å². The first-order chi connectivity index (χ1) is 13.0. The summed E-state index contributed by atoms with van der Waals surface area (Å²) in [4.78, 5) is 6.94. The Labute approximate surface area is 168 Å². The number of aromatic nitrogens is 3. The van der Waals surface area contributed by atoms with Gasteiger partial charge in [-0.15, -0.1) is 10.2 Å². The molecule has 1 atom stereocenters. The molecule has 0 amide bonds. The molecule has 2 heterocycles. The van der Waals surface area contributed by atoms with Gasteiger partial charge in [-0.1, -0.05) is 41.4 Å². The molecule has 0 N–H and O–H groups in total. The molecule has 0 saturated carbocycles. The summed E-state index contributed by atoms with van der Waals surface area (Å²) < 4.78 is 2.09. The van der Waals surface area contributed by atoms with Crippen LogP contribution >= 0.6 is 23.2 Å². The van der Waals surface area contributed by atoms with Gasteiger partial charge in [0.2, 0.25) is 0 Å². The summed E-state index contributed by atoms with van der Waals surface area (Å²) in [6.45, 7) is 2.52. The van der Waals surface area contributed by atoms with Crippen molar-refractivity contribution in [2.75, 3.05) is 14.1 Å². The third-order valence-corrected chi connectivity index (χ3v) is 5.43. The van der Waals surface area contributed by atoms with Crippen LogP contribution in [-0.4, -0.2) is 39.5 Å². The van der Waals surface area contributed by atoms with E-state index in [1.54, 1.807) is 0 Å². The van der Waals surface area contributed by atoms with E-state index in [-0.39, 0.29) is 6.04 Å². The molecule has 1 aromatic heterocycles. The van der Waals surface area contributed by atoms with Crippen molar-refractivity contribution in [2.24, 2.45) is 4.99 Å². The number of nitrogens with zero attached hydrogens (tertiary/aromatic N) is 5. The monoisotopic (exact) mass is 399 g/mol. The van der Waals surface area contributed by atoms with Gasteiger partial charge < -0.3 is 0 Å². The third-order valence-electron chi connectivity index (χ3n) is 4.87. The van der Waals surface area contributed by atoms with Gasteiger partial charge in [0.1, 0.15) is 6.54 Å². The lowest BCUT2D eigenvalue weighted by Crippen LogP contribution is -2.21. The second-order valence-corrected chi connectivity index (χ2v) is 7.60. The van der Waals surface area contributed by atoms with Crippen molar-refractivity contribution < 1.29 is 0 Å². The Balaban J connectivity index is 1.97. The molecule has 0 fully saturated rings. The van der Waals surface area contributed by atoms with Gasteiger partial charge in [-0.2, -0.15) is 0 Å². The zero-order valence-electron chi connectivity index (χ0n) is 15.3. The van der Waals surface area contributed by atoms with Crippen molar-refractivity contribution in [1.29, 1.82) is 0 Å². The second kappa shape index (κ2) is 7.08. The number of rotatable bonds is 3. The van der Waals surface area contributed by atoms with E-state index in [4.69, 9.17) is 28.2 Å². The van der Waals surface area contributed by atoms with E-state index in [2.05, 4.69) is 26.6 Å². The van der Waals surface area contributed by atoms with Gasteiger partial charge in [-0.05, 0) is 45.3 Å². The Morgan fingerprint density at radius 1 is 1.04 bits per heavy atom. The average molecular weight is 400 g/mol. The highest BCUT2D eigenvalue weighted by Crippen LogP contribution is 2.32. The number of halogens is 2. The molecular formula is C20H19Cl2N5. The summed E-state index contributed by atoms with van der Waals surface area (Å²) in [5, 5.41) is 10.1. The number of hydrogen-bond donors (Lipinski definition) is 0. The molecular weight excluding hydrogens is 381 g/mol. The molecule has 138 valence electrons. The number of benzene rings is 2. The van der Waals surface area contributed by atoms with E-state index in [0.29, 0.717) is 16.6 Å². The van der Waals surface area contributed by atoms with Gasteiger partial charge in [0.05, 0.1) is 17.4 Å². The first kappa shape index (κ1) is 18.2. The third kappa shape index (κ3) is 3.16. The molecule has 0 spiro atoms. The van der Waals surface area contributed by atoms with Crippen LogP contribution in [0.5, 0.6) is 0 Å². The summed E-state index contributed by atoms with van der Waals surface area (Å²) in [6.07, 6.45) is 0. The van der Waals surface area contributed by atoms with Crippen molar-refractivity contribution in [3.8, 4) is 5.69 Å². The minimum absolute atomic E-state index is 0.0941. The number of hydrogen-bond acceptors (Lipinski definition) is 4. The Morgan fingerprint density at radius 2 is 1.81 bits per heavy atom. The molecule has 27 heavy (non-hydrogen) atoms. The Kier molecular flexibility index (Phi) is 4.76. The predicted molar refractivity (Wildman–Crippen MR) is 109 cm³/mol. The summed E-state index contributed by atoms with van der Waals surface area (Å²) in [6, 6.07) is 13.6. The van der Waals surface area contributed by atoms with E-state index in [1.165, 1.54) is 0 Å². The highest BCUT2D eigenvalue weighted by Gasteiger charge is 2.26. The quantitative estimate of drug-likeness (QED) is 0.648. The zero-order valence-corrected chi connectivity index (χ0v) is 16.8. The smallest absolute Gasteiger partial charge is 0.159 e. The first-order valence-electron chi connectivity index (χ1n) is 8.67. The topological polar surface area (TPSA) is 46.3 Å². The average Bonchev–Trinajstić information content (AvgIpc) is 2.99. The number of aliphatic imine (C=N–C) groups is 1. The Hall–Kier alpha value is -2.21. The van der Waals surface area contributed by atoms with Gasteiger partial charge in [0.15, 0.2) is 11.6 Å². The molecule has 5 nitrogen and oxygen atoms in total. The van der Waals surface area contributed by atoms with Crippen LogP contribution in [0, 0.1) is 0 Å². The molecule has 4 rings (SSSR count). The molecule has 1 unspecified atom stereocenters. The van der Waals surface area contributed by atoms with Crippen LogP contribution in [0.4, 0.5) is 0 Å². The maximum absolute atomic E-state index is 6.47. The zero-order chi connectivity index (χ0) is 19.1. The fraction of sp³-hybridized carbons (Fsp3) is 0.250. The van der Waals surface area contributed by atoms with Crippen molar-refractivity contribution >= 4 is 28.9 Å². The van der Waals surface area contributed by atoms with Crippen LogP contribution in [0.3, 0.4) is 0 Å². The minimum Gasteiger partial charge on any atom is -0.300 e. The summed E-state index contributed by atoms with van der Waals surface area (Å²) >= 11 is 12.8. The molecule has 2 aromatic carbocycles. The molecule has 0 bridgehead atoms. The maximum atomic E-state index is 6.47. The van der Waals surface area contributed by atoms with E-state index in [0.717, 1.165) is 34.2 Å². The highest BCUT2D eigenvalue weighted by atomic mass is 35.5. The lowest BCUT2D eigenvalue weighted by atomic mass is 10.00. The van der Waals surface area contributed by atoms with Gasteiger partial charge in [-0.3, -0.25) is 14.5 Å². The SMILES string of the molecule is CC(c1nnc2n1-c1ccc(Cl)cc1C(c1ccccc1Cl)=NC2)N(C)C. The van der Waals surface area contributed by atoms with Crippen LogP contribution in [-0.2, 0) is 6.54 Å². The minimum atomic E-state index is 0.0941. The van der Waals surface area contributed by atoms with Crippen LogP contribution in [0.25, 0.3) is 5.69 Å². The molecule has 0 aliphatic carbocycles. The van der Waals surface area contributed by atoms with Gasteiger partial charge in [0, 0.05) is 21.2 Å². The van der Waals surface area contributed by atoms with Crippen LogP contribution in [0.1, 0.15) is 35.7 Å². The maximum Gasteiger partial charge on any atom is 0.159 e. The van der Waals surface area contributed by atoms with Gasteiger partial charge in [0.25, 0.3) is 0 Å².